The van der Waals surface area contributed by atoms with Crippen LogP contribution in [0.2, 0.25) is 0 Å². The molecule has 5 heteroatoms. The summed E-state index contributed by atoms with van der Waals surface area (Å²) in [6, 6.07) is 5.87. The monoisotopic (exact) mass is 232 g/mol. The van der Waals surface area contributed by atoms with Gasteiger partial charge in [0.15, 0.2) is 0 Å². The minimum absolute atomic E-state index is 0.229. The molecule has 0 heterocycles. The molecule has 0 saturated carbocycles. The molecule has 84 valence electrons. The topological polar surface area (TPSA) is 54.4 Å². The molecule has 0 radical (unpaired) electrons. The van der Waals surface area contributed by atoms with Gasteiger partial charge in [-0.05, 0) is 11.6 Å². The Morgan fingerprint density at radius 2 is 1.87 bits per heavy atom. The molecular weight excluding hydrogens is 219 g/mol. The summed E-state index contributed by atoms with van der Waals surface area (Å²) in [6.07, 6.45) is 0. The van der Waals surface area contributed by atoms with Crippen molar-refractivity contribution in [3.8, 4) is 0 Å². The lowest BCUT2D eigenvalue weighted by molar-refractivity contribution is 0.345. The van der Waals surface area contributed by atoms with Gasteiger partial charge < -0.3 is 0 Å². The fourth-order valence-corrected chi connectivity index (χ4v) is 2.20. The predicted octanol–water partition coefficient (Wildman–Crippen LogP) is 2.18. The molecule has 3 nitrogen and oxygen atoms in total. The van der Waals surface area contributed by atoms with Crippen molar-refractivity contribution in [2.45, 2.75) is 24.2 Å². The number of hydrogen-bond acceptors (Lipinski definition) is 2. The standard InChI is InChI=1S/C10H13FO3S/c1-10(2,7-11)8-5-3-4-6-9(8)15(12,13)14/h3-6H,7H2,1-2H3,(H,12,13,14). The average molecular weight is 232 g/mol. The van der Waals surface area contributed by atoms with Crippen molar-refractivity contribution >= 4 is 10.1 Å². The van der Waals surface area contributed by atoms with Crippen LogP contribution in [0.3, 0.4) is 0 Å². The van der Waals surface area contributed by atoms with Gasteiger partial charge in [0.2, 0.25) is 0 Å². The summed E-state index contributed by atoms with van der Waals surface area (Å²) in [4.78, 5) is -0.229. The van der Waals surface area contributed by atoms with Crippen LogP contribution in [0, 0.1) is 0 Å². The summed E-state index contributed by atoms with van der Waals surface area (Å²) in [5, 5.41) is 0. The van der Waals surface area contributed by atoms with E-state index in [0.717, 1.165) is 0 Å². The second-order valence-electron chi connectivity index (χ2n) is 3.99. The first-order valence-corrected chi connectivity index (χ1v) is 5.86. The highest BCUT2D eigenvalue weighted by Crippen LogP contribution is 2.29. The Hall–Kier alpha value is -0.940. The SMILES string of the molecule is CC(C)(CF)c1ccccc1S(=O)(=O)O. The Morgan fingerprint density at radius 1 is 1.33 bits per heavy atom. The van der Waals surface area contributed by atoms with E-state index in [2.05, 4.69) is 0 Å². The second kappa shape index (κ2) is 3.90. The van der Waals surface area contributed by atoms with E-state index in [1.807, 2.05) is 0 Å². The van der Waals surface area contributed by atoms with Crippen LogP contribution >= 0.6 is 0 Å². The van der Waals surface area contributed by atoms with Crippen molar-refractivity contribution in [3.63, 3.8) is 0 Å². The first-order chi connectivity index (χ1) is 6.79. The zero-order valence-electron chi connectivity index (χ0n) is 8.57. The Balaban J connectivity index is 3.44. The molecule has 0 fully saturated rings. The van der Waals surface area contributed by atoms with Crippen LogP contribution in [0.25, 0.3) is 0 Å². The quantitative estimate of drug-likeness (QED) is 0.813. The first kappa shape index (κ1) is 12.1. The lowest BCUT2D eigenvalue weighted by Gasteiger charge is -2.23. The first-order valence-electron chi connectivity index (χ1n) is 4.42. The van der Waals surface area contributed by atoms with Crippen molar-refractivity contribution in [3.05, 3.63) is 29.8 Å². The predicted molar refractivity (Wildman–Crippen MR) is 55.3 cm³/mol. The maximum absolute atomic E-state index is 12.7. The minimum atomic E-state index is -4.29. The van der Waals surface area contributed by atoms with Crippen molar-refractivity contribution in [2.75, 3.05) is 6.67 Å². The van der Waals surface area contributed by atoms with Crippen LogP contribution in [0.1, 0.15) is 19.4 Å². The van der Waals surface area contributed by atoms with Gasteiger partial charge in [-0.15, -0.1) is 0 Å². The lowest BCUT2D eigenvalue weighted by Crippen LogP contribution is -2.22. The van der Waals surface area contributed by atoms with Gasteiger partial charge in [-0.25, -0.2) is 0 Å². The average Bonchev–Trinajstić information content (AvgIpc) is 2.16. The van der Waals surface area contributed by atoms with E-state index in [1.54, 1.807) is 19.9 Å². The molecule has 0 spiro atoms. The van der Waals surface area contributed by atoms with E-state index in [1.165, 1.54) is 18.2 Å². The molecular formula is C10H13FO3S. The smallest absolute Gasteiger partial charge is 0.282 e. The van der Waals surface area contributed by atoms with Crippen molar-refractivity contribution in [1.29, 1.82) is 0 Å². The van der Waals surface area contributed by atoms with Gasteiger partial charge in [0.1, 0.15) is 0 Å². The third kappa shape index (κ3) is 2.54. The highest BCUT2D eigenvalue weighted by Gasteiger charge is 2.27. The van der Waals surface area contributed by atoms with Crippen molar-refractivity contribution < 1.29 is 17.4 Å². The summed E-state index contributed by atoms with van der Waals surface area (Å²) >= 11 is 0. The van der Waals surface area contributed by atoms with E-state index in [9.17, 15) is 12.8 Å². The molecule has 1 aromatic rings. The maximum Gasteiger partial charge on any atom is 0.294 e. The Bertz CT molecular complexity index is 451. The molecule has 0 bridgehead atoms. The molecule has 0 unspecified atom stereocenters. The number of alkyl halides is 1. The fourth-order valence-electron chi connectivity index (χ4n) is 1.32. The van der Waals surface area contributed by atoms with Crippen LogP contribution in [0.15, 0.2) is 29.2 Å². The summed E-state index contributed by atoms with van der Waals surface area (Å²) in [5.74, 6) is 0. The normalized spacial score (nSPS) is 12.8. The van der Waals surface area contributed by atoms with E-state index in [0.29, 0.717) is 0 Å². The van der Waals surface area contributed by atoms with Gasteiger partial charge in [-0.3, -0.25) is 8.94 Å². The fraction of sp³-hybridized carbons (Fsp3) is 0.400. The van der Waals surface area contributed by atoms with Gasteiger partial charge in [0, 0.05) is 5.41 Å². The van der Waals surface area contributed by atoms with E-state index in [4.69, 9.17) is 4.55 Å². The number of benzene rings is 1. The third-order valence-corrected chi connectivity index (χ3v) is 3.14. The highest BCUT2D eigenvalue weighted by atomic mass is 32.2. The molecule has 1 aromatic carbocycles. The molecule has 0 amide bonds. The molecule has 0 aliphatic rings. The molecule has 0 atom stereocenters. The van der Waals surface area contributed by atoms with Gasteiger partial charge in [0.25, 0.3) is 10.1 Å². The molecule has 15 heavy (non-hydrogen) atoms. The lowest BCUT2D eigenvalue weighted by atomic mass is 9.86. The van der Waals surface area contributed by atoms with Crippen LogP contribution in [0.5, 0.6) is 0 Å². The zero-order chi connectivity index (χ0) is 11.7. The van der Waals surface area contributed by atoms with Gasteiger partial charge in [0.05, 0.1) is 11.6 Å². The van der Waals surface area contributed by atoms with Crippen LogP contribution < -0.4 is 0 Å². The third-order valence-electron chi connectivity index (χ3n) is 2.23. The number of halogens is 1. The van der Waals surface area contributed by atoms with E-state index < -0.39 is 22.2 Å². The molecule has 1 rings (SSSR count). The number of hydrogen-bond donors (Lipinski definition) is 1. The second-order valence-corrected chi connectivity index (χ2v) is 5.38. The summed E-state index contributed by atoms with van der Waals surface area (Å²) < 4.78 is 43.8. The molecule has 0 aliphatic heterocycles. The minimum Gasteiger partial charge on any atom is -0.282 e. The Kier molecular flexibility index (Phi) is 3.16. The van der Waals surface area contributed by atoms with Crippen molar-refractivity contribution in [2.24, 2.45) is 0 Å². The van der Waals surface area contributed by atoms with Gasteiger partial charge >= 0.3 is 0 Å². The molecule has 0 aromatic heterocycles. The Morgan fingerprint density at radius 3 is 2.33 bits per heavy atom. The zero-order valence-corrected chi connectivity index (χ0v) is 9.38. The van der Waals surface area contributed by atoms with Crippen molar-refractivity contribution in [1.82, 2.24) is 0 Å². The van der Waals surface area contributed by atoms with Crippen LogP contribution in [-0.4, -0.2) is 19.6 Å². The summed E-state index contributed by atoms with van der Waals surface area (Å²) in [6.45, 7) is 2.47. The van der Waals surface area contributed by atoms with Crippen LogP contribution in [0.4, 0.5) is 4.39 Å². The highest BCUT2D eigenvalue weighted by molar-refractivity contribution is 7.85. The molecule has 0 saturated heterocycles. The Labute approximate surface area is 88.7 Å². The summed E-state index contributed by atoms with van der Waals surface area (Å²) in [5.41, 5.74) is -0.637. The molecule has 0 aliphatic carbocycles. The number of rotatable bonds is 3. The van der Waals surface area contributed by atoms with Gasteiger partial charge in [-0.2, -0.15) is 8.42 Å². The van der Waals surface area contributed by atoms with Crippen LogP contribution in [-0.2, 0) is 15.5 Å². The van der Waals surface area contributed by atoms with Gasteiger partial charge in [-0.1, -0.05) is 32.0 Å². The maximum atomic E-state index is 12.7. The van der Waals surface area contributed by atoms with E-state index >= 15 is 0 Å². The van der Waals surface area contributed by atoms with E-state index in [-0.39, 0.29) is 10.5 Å². The largest absolute Gasteiger partial charge is 0.294 e. The molecule has 1 N–H and O–H groups in total. The summed E-state index contributed by atoms with van der Waals surface area (Å²) in [7, 11) is -4.29.